The zero-order valence-electron chi connectivity index (χ0n) is 20.5. The maximum atomic E-state index is 12.2. The molecule has 5 rings (SSSR count). The summed E-state index contributed by atoms with van der Waals surface area (Å²) in [6.45, 7) is 8.81. The highest BCUT2D eigenvalue weighted by atomic mass is 16.5. The predicted molar refractivity (Wildman–Crippen MR) is 142 cm³/mol. The second-order valence-electron chi connectivity index (χ2n) is 8.55. The molecule has 184 valence electrons. The molecule has 8 heteroatoms. The number of nitrogens with zero attached hydrogens (tertiary/aromatic N) is 2. The van der Waals surface area contributed by atoms with Crippen LogP contribution in [0.5, 0.6) is 5.75 Å². The van der Waals surface area contributed by atoms with Crippen molar-refractivity contribution in [2.24, 2.45) is 0 Å². The summed E-state index contributed by atoms with van der Waals surface area (Å²) < 4.78 is 11.3. The third kappa shape index (κ3) is 4.75. The van der Waals surface area contributed by atoms with E-state index in [0.717, 1.165) is 62.4 Å². The number of fused-ring (bicyclic) bond motifs is 2. The second-order valence-corrected chi connectivity index (χ2v) is 8.55. The summed E-state index contributed by atoms with van der Waals surface area (Å²) in [4.78, 5) is 20.1. The largest absolute Gasteiger partial charge is 0.493 e. The van der Waals surface area contributed by atoms with Crippen LogP contribution in [0.3, 0.4) is 0 Å². The fraction of sp³-hybridized carbons (Fsp3) is 0.250. The highest BCUT2D eigenvalue weighted by molar-refractivity contribution is 5.85. The van der Waals surface area contributed by atoms with Crippen molar-refractivity contribution in [3.63, 3.8) is 0 Å². The molecule has 0 unspecified atom stereocenters. The van der Waals surface area contributed by atoms with Crippen LogP contribution in [0.2, 0.25) is 0 Å². The summed E-state index contributed by atoms with van der Waals surface area (Å²) in [5.41, 5.74) is 5.48. The van der Waals surface area contributed by atoms with Gasteiger partial charge in [0.05, 0.1) is 29.9 Å². The Kier molecular flexibility index (Phi) is 6.58. The van der Waals surface area contributed by atoms with Crippen LogP contribution in [-0.4, -0.2) is 33.4 Å². The number of aromatic amines is 2. The van der Waals surface area contributed by atoms with Gasteiger partial charge < -0.3 is 14.5 Å². The number of rotatable bonds is 9. The SMILES string of the molecule is C=C(Nc1nc2cc(-c3cc(Cc4n[nH]c(=O)c5c4=CCCC=5)ccc3OCC)ccc2[nH]1)OCC. The van der Waals surface area contributed by atoms with Gasteiger partial charge in [-0.25, -0.2) is 10.1 Å². The molecule has 1 aliphatic rings. The minimum Gasteiger partial charge on any atom is -0.493 e. The van der Waals surface area contributed by atoms with E-state index >= 15 is 0 Å². The number of aromatic nitrogens is 4. The first kappa shape index (κ1) is 23.4. The molecular weight excluding hydrogens is 454 g/mol. The lowest BCUT2D eigenvalue weighted by atomic mass is 9.98. The van der Waals surface area contributed by atoms with Crippen LogP contribution in [0.15, 0.2) is 53.7 Å². The van der Waals surface area contributed by atoms with Crippen LogP contribution in [0.1, 0.15) is 37.9 Å². The number of nitrogens with one attached hydrogen (secondary N) is 3. The van der Waals surface area contributed by atoms with Crippen molar-refractivity contribution in [1.29, 1.82) is 0 Å². The van der Waals surface area contributed by atoms with E-state index in [4.69, 9.17) is 9.47 Å². The summed E-state index contributed by atoms with van der Waals surface area (Å²) in [7, 11) is 0. The number of hydrogen-bond donors (Lipinski definition) is 3. The van der Waals surface area contributed by atoms with Crippen molar-refractivity contribution in [3.8, 4) is 16.9 Å². The molecule has 4 aromatic rings. The number of hydrogen-bond acceptors (Lipinski definition) is 6. The van der Waals surface area contributed by atoms with E-state index in [9.17, 15) is 4.79 Å². The first-order valence-corrected chi connectivity index (χ1v) is 12.2. The maximum Gasteiger partial charge on any atom is 0.271 e. The van der Waals surface area contributed by atoms with Crippen molar-refractivity contribution in [1.82, 2.24) is 20.2 Å². The van der Waals surface area contributed by atoms with Crippen molar-refractivity contribution >= 4 is 29.1 Å². The molecule has 0 radical (unpaired) electrons. The van der Waals surface area contributed by atoms with E-state index in [2.05, 4.69) is 50.3 Å². The molecule has 8 nitrogen and oxygen atoms in total. The molecule has 2 aromatic carbocycles. The summed E-state index contributed by atoms with van der Waals surface area (Å²) in [6.07, 6.45) is 6.49. The monoisotopic (exact) mass is 483 g/mol. The van der Waals surface area contributed by atoms with Crippen molar-refractivity contribution in [3.05, 3.63) is 80.9 Å². The molecule has 0 saturated heterocycles. The van der Waals surface area contributed by atoms with E-state index in [1.54, 1.807) is 0 Å². The Hall–Kier alpha value is -4.33. The summed E-state index contributed by atoms with van der Waals surface area (Å²) >= 11 is 0. The molecule has 3 N–H and O–H groups in total. The zero-order chi connectivity index (χ0) is 25.1. The molecule has 0 aliphatic heterocycles. The van der Waals surface area contributed by atoms with Crippen LogP contribution >= 0.6 is 0 Å². The van der Waals surface area contributed by atoms with Gasteiger partial charge in [-0.2, -0.15) is 5.10 Å². The second kappa shape index (κ2) is 10.1. The topological polar surface area (TPSA) is 105 Å². The molecule has 2 aromatic heterocycles. The Labute approximate surface area is 208 Å². The molecule has 0 atom stereocenters. The smallest absolute Gasteiger partial charge is 0.271 e. The minimum atomic E-state index is -0.136. The van der Waals surface area contributed by atoms with E-state index < -0.39 is 0 Å². The Morgan fingerprint density at radius 2 is 1.92 bits per heavy atom. The Morgan fingerprint density at radius 3 is 2.72 bits per heavy atom. The quantitative estimate of drug-likeness (QED) is 0.314. The summed E-state index contributed by atoms with van der Waals surface area (Å²) in [6, 6.07) is 12.3. The third-order valence-electron chi connectivity index (χ3n) is 6.09. The first-order valence-electron chi connectivity index (χ1n) is 12.2. The van der Waals surface area contributed by atoms with Crippen molar-refractivity contribution in [2.75, 3.05) is 18.5 Å². The van der Waals surface area contributed by atoms with Gasteiger partial charge in [0.1, 0.15) is 5.75 Å². The highest BCUT2D eigenvalue weighted by Crippen LogP contribution is 2.33. The van der Waals surface area contributed by atoms with Gasteiger partial charge in [-0.15, -0.1) is 0 Å². The standard InChI is InChI=1S/C28H29N5O3/c1-4-35-17(3)29-28-30-23-12-11-19(16-25(23)31-28)22-14-18(10-13-26(22)36-5-2)15-24-20-8-6-7-9-21(20)27(34)33-32-24/h8-14,16H,3-7,15H2,1-2H3,(H,33,34)(H2,29,30,31). The van der Waals surface area contributed by atoms with Gasteiger partial charge in [0.15, 0.2) is 5.88 Å². The zero-order valence-corrected chi connectivity index (χ0v) is 20.5. The summed E-state index contributed by atoms with van der Waals surface area (Å²) in [5, 5.41) is 11.7. The van der Waals surface area contributed by atoms with Crippen LogP contribution in [0, 0.1) is 0 Å². The lowest BCUT2D eigenvalue weighted by molar-refractivity contribution is 0.236. The number of ether oxygens (including phenoxy) is 2. The number of H-pyrrole nitrogens is 2. The molecule has 0 fully saturated rings. The molecule has 0 amide bonds. The fourth-order valence-corrected chi connectivity index (χ4v) is 4.50. The van der Waals surface area contributed by atoms with Crippen molar-refractivity contribution < 1.29 is 9.47 Å². The molecule has 0 bridgehead atoms. The average Bonchev–Trinajstić information content (AvgIpc) is 3.28. The maximum absolute atomic E-state index is 12.2. The molecule has 0 spiro atoms. The number of imidazole rings is 1. The van der Waals surface area contributed by atoms with Crippen LogP contribution in [-0.2, 0) is 11.2 Å². The lowest BCUT2D eigenvalue weighted by Crippen LogP contribution is -2.45. The molecule has 36 heavy (non-hydrogen) atoms. The average molecular weight is 484 g/mol. The Balaban J connectivity index is 1.51. The number of benzene rings is 2. The van der Waals surface area contributed by atoms with Gasteiger partial charge in [-0.05, 0) is 68.7 Å². The van der Waals surface area contributed by atoms with E-state index in [1.165, 1.54) is 0 Å². The third-order valence-corrected chi connectivity index (χ3v) is 6.09. The van der Waals surface area contributed by atoms with Crippen molar-refractivity contribution in [2.45, 2.75) is 33.1 Å². The predicted octanol–water partition coefficient (Wildman–Crippen LogP) is 3.58. The minimum absolute atomic E-state index is 0.136. The summed E-state index contributed by atoms with van der Waals surface area (Å²) in [5.74, 6) is 1.81. The number of anilines is 1. The van der Waals surface area contributed by atoms with Crippen LogP contribution < -0.4 is 26.1 Å². The van der Waals surface area contributed by atoms with Crippen LogP contribution in [0.25, 0.3) is 34.3 Å². The fourth-order valence-electron chi connectivity index (χ4n) is 4.50. The first-order chi connectivity index (χ1) is 17.6. The van der Waals surface area contributed by atoms with Gasteiger partial charge in [0, 0.05) is 22.4 Å². The van der Waals surface area contributed by atoms with Crippen LogP contribution in [0.4, 0.5) is 5.95 Å². The lowest BCUT2D eigenvalue weighted by Gasteiger charge is -2.13. The Bertz CT molecular complexity index is 1620. The van der Waals surface area contributed by atoms with E-state index in [0.29, 0.717) is 31.5 Å². The van der Waals surface area contributed by atoms with Gasteiger partial charge in [-0.3, -0.25) is 10.1 Å². The van der Waals surface area contributed by atoms with E-state index in [-0.39, 0.29) is 5.56 Å². The van der Waals surface area contributed by atoms with Gasteiger partial charge in [-0.1, -0.05) is 24.3 Å². The molecular formula is C28H29N5O3. The molecule has 0 saturated carbocycles. The normalized spacial score (nSPS) is 12.4. The van der Waals surface area contributed by atoms with Gasteiger partial charge in [0.2, 0.25) is 5.95 Å². The molecule has 1 aliphatic carbocycles. The van der Waals surface area contributed by atoms with E-state index in [1.807, 2.05) is 44.2 Å². The van der Waals surface area contributed by atoms with Gasteiger partial charge >= 0.3 is 0 Å². The molecule has 2 heterocycles. The Morgan fingerprint density at radius 1 is 1.08 bits per heavy atom. The van der Waals surface area contributed by atoms with Gasteiger partial charge in [0.25, 0.3) is 5.56 Å². The highest BCUT2D eigenvalue weighted by Gasteiger charge is 2.13.